The molecule has 0 spiro atoms. The van der Waals surface area contributed by atoms with Crippen LogP contribution in [0.1, 0.15) is 38.8 Å². The van der Waals surface area contributed by atoms with Gasteiger partial charge in [-0.15, -0.1) is 0 Å². The largest absolute Gasteiger partial charge is 0.354 e. The van der Waals surface area contributed by atoms with E-state index in [-0.39, 0.29) is 30.7 Å². The van der Waals surface area contributed by atoms with E-state index in [4.69, 9.17) is 0 Å². The van der Waals surface area contributed by atoms with Gasteiger partial charge in [-0.1, -0.05) is 43.3 Å². The van der Waals surface area contributed by atoms with Gasteiger partial charge in [-0.25, -0.2) is 9.07 Å². The fourth-order valence-corrected chi connectivity index (χ4v) is 3.26. The van der Waals surface area contributed by atoms with E-state index in [2.05, 4.69) is 15.7 Å². The highest BCUT2D eigenvalue weighted by Gasteiger charge is 2.20. The summed E-state index contributed by atoms with van der Waals surface area (Å²) in [7, 11) is 0. The molecule has 0 saturated heterocycles. The number of hydrogen-bond donors (Lipinski definition) is 2. The van der Waals surface area contributed by atoms with Crippen LogP contribution >= 0.6 is 0 Å². The molecule has 2 aromatic carbocycles. The first kappa shape index (κ1) is 22.2. The molecule has 31 heavy (non-hydrogen) atoms. The molecule has 3 rings (SSSR count). The van der Waals surface area contributed by atoms with E-state index < -0.39 is 5.82 Å². The predicted octanol–water partition coefficient (Wildman–Crippen LogP) is 4.62. The molecule has 7 heteroatoms. The summed E-state index contributed by atoms with van der Waals surface area (Å²) in [6.45, 7) is 5.75. The van der Waals surface area contributed by atoms with E-state index in [0.717, 1.165) is 17.5 Å². The van der Waals surface area contributed by atoms with Crippen molar-refractivity contribution in [3.63, 3.8) is 0 Å². The van der Waals surface area contributed by atoms with Gasteiger partial charge in [-0.05, 0) is 44.0 Å². The Balaban J connectivity index is 1.90. The van der Waals surface area contributed by atoms with Gasteiger partial charge in [0.2, 0.25) is 11.8 Å². The third-order valence-electron chi connectivity index (χ3n) is 5.03. The van der Waals surface area contributed by atoms with Gasteiger partial charge in [0.1, 0.15) is 11.6 Å². The third-order valence-corrected chi connectivity index (χ3v) is 5.03. The number of aryl methyl sites for hydroxylation is 1. The van der Waals surface area contributed by atoms with Gasteiger partial charge in [-0.2, -0.15) is 5.10 Å². The first-order valence-electron chi connectivity index (χ1n) is 10.4. The highest BCUT2D eigenvalue weighted by atomic mass is 19.1. The van der Waals surface area contributed by atoms with Crippen molar-refractivity contribution in [3.05, 3.63) is 66.1 Å². The summed E-state index contributed by atoms with van der Waals surface area (Å²) in [5.74, 6) is -0.427. The molecular formula is C24H27FN4O2. The van der Waals surface area contributed by atoms with Gasteiger partial charge in [-0.3, -0.25) is 9.59 Å². The third kappa shape index (κ3) is 5.57. The average molecular weight is 423 g/mol. The number of carbonyl (C=O) groups is 2. The maximum absolute atomic E-state index is 13.8. The molecule has 6 nitrogen and oxygen atoms in total. The molecule has 0 saturated carbocycles. The van der Waals surface area contributed by atoms with Crippen LogP contribution < -0.4 is 10.6 Å². The minimum atomic E-state index is -0.397. The van der Waals surface area contributed by atoms with Crippen molar-refractivity contribution in [1.29, 1.82) is 0 Å². The number of nitrogens with zero attached hydrogens (tertiary/aromatic N) is 2. The van der Waals surface area contributed by atoms with Gasteiger partial charge in [0.05, 0.1) is 11.4 Å². The Kier molecular flexibility index (Phi) is 7.18. The van der Waals surface area contributed by atoms with Crippen LogP contribution in [0.5, 0.6) is 0 Å². The highest BCUT2D eigenvalue weighted by molar-refractivity contribution is 5.97. The van der Waals surface area contributed by atoms with E-state index in [1.165, 1.54) is 16.8 Å². The number of anilines is 1. The molecule has 1 aromatic heterocycles. The molecule has 0 aliphatic rings. The summed E-state index contributed by atoms with van der Waals surface area (Å²) in [6, 6.07) is 15.7. The molecule has 1 atom stereocenters. The first-order valence-corrected chi connectivity index (χ1v) is 10.4. The van der Waals surface area contributed by atoms with E-state index in [1.807, 2.05) is 51.1 Å². The molecular weight excluding hydrogens is 395 g/mol. The standard InChI is InChI=1S/C24H27FN4O2/c1-4-16(2)26-21(30)13-14-22(31)27-24-23(18-9-6-5-7-10-18)17(3)28-29(24)20-12-8-11-19(25)15-20/h5-12,15-16H,4,13-14H2,1-3H3,(H,26,30)(H,27,31). The van der Waals surface area contributed by atoms with Gasteiger partial charge >= 0.3 is 0 Å². The lowest BCUT2D eigenvalue weighted by Gasteiger charge is -2.13. The first-order chi connectivity index (χ1) is 14.9. The summed E-state index contributed by atoms with van der Waals surface area (Å²) >= 11 is 0. The number of halogens is 1. The second-order valence-corrected chi connectivity index (χ2v) is 7.49. The molecule has 1 heterocycles. The molecule has 162 valence electrons. The van der Waals surface area contributed by atoms with Crippen LogP contribution in [0, 0.1) is 12.7 Å². The number of amides is 2. The maximum atomic E-state index is 13.8. The molecule has 2 amide bonds. The molecule has 0 aliphatic heterocycles. The van der Waals surface area contributed by atoms with Gasteiger partial charge < -0.3 is 10.6 Å². The van der Waals surface area contributed by atoms with Crippen molar-refractivity contribution in [2.24, 2.45) is 0 Å². The van der Waals surface area contributed by atoms with Crippen LogP contribution in [0.3, 0.4) is 0 Å². The lowest BCUT2D eigenvalue weighted by Crippen LogP contribution is -2.32. The smallest absolute Gasteiger partial charge is 0.226 e. The Morgan fingerprint density at radius 3 is 2.45 bits per heavy atom. The fourth-order valence-electron chi connectivity index (χ4n) is 3.26. The number of carbonyl (C=O) groups excluding carboxylic acids is 2. The van der Waals surface area contributed by atoms with Crippen molar-refractivity contribution in [3.8, 4) is 16.8 Å². The zero-order valence-electron chi connectivity index (χ0n) is 18.0. The van der Waals surface area contributed by atoms with Crippen molar-refractivity contribution in [2.45, 2.75) is 46.1 Å². The molecule has 1 unspecified atom stereocenters. The second kappa shape index (κ2) is 10.0. The summed E-state index contributed by atoms with van der Waals surface area (Å²) in [5, 5.41) is 10.3. The average Bonchev–Trinajstić information content (AvgIpc) is 3.08. The molecule has 3 aromatic rings. The quantitative estimate of drug-likeness (QED) is 0.556. The summed E-state index contributed by atoms with van der Waals surface area (Å²) in [5.41, 5.74) is 2.82. The maximum Gasteiger partial charge on any atom is 0.226 e. The topological polar surface area (TPSA) is 76.0 Å². The fraction of sp³-hybridized carbons (Fsp3) is 0.292. The van der Waals surface area contributed by atoms with Crippen LogP contribution in [0.4, 0.5) is 10.2 Å². The van der Waals surface area contributed by atoms with E-state index in [0.29, 0.717) is 17.2 Å². The summed E-state index contributed by atoms with van der Waals surface area (Å²) in [4.78, 5) is 24.7. The number of nitrogens with one attached hydrogen (secondary N) is 2. The Labute approximate surface area is 181 Å². The molecule has 0 radical (unpaired) electrons. The minimum absolute atomic E-state index is 0.0316. The number of aromatic nitrogens is 2. The van der Waals surface area contributed by atoms with Crippen molar-refractivity contribution >= 4 is 17.6 Å². The van der Waals surface area contributed by atoms with Crippen molar-refractivity contribution in [2.75, 3.05) is 5.32 Å². The monoisotopic (exact) mass is 422 g/mol. The zero-order valence-corrected chi connectivity index (χ0v) is 18.0. The van der Waals surface area contributed by atoms with Crippen LogP contribution in [-0.2, 0) is 9.59 Å². The van der Waals surface area contributed by atoms with Gasteiger partial charge in [0.15, 0.2) is 0 Å². The Hall–Kier alpha value is -3.48. The van der Waals surface area contributed by atoms with E-state index in [1.54, 1.807) is 12.1 Å². The molecule has 2 N–H and O–H groups in total. The highest BCUT2D eigenvalue weighted by Crippen LogP contribution is 2.33. The normalized spacial score (nSPS) is 11.7. The van der Waals surface area contributed by atoms with Crippen molar-refractivity contribution < 1.29 is 14.0 Å². The Morgan fingerprint density at radius 2 is 1.77 bits per heavy atom. The van der Waals surface area contributed by atoms with Gasteiger partial charge in [0, 0.05) is 24.4 Å². The SMILES string of the molecule is CCC(C)NC(=O)CCC(=O)Nc1c(-c2ccccc2)c(C)nn1-c1cccc(F)c1. The van der Waals surface area contributed by atoms with Gasteiger partial charge in [0.25, 0.3) is 0 Å². The molecule has 0 fully saturated rings. The van der Waals surface area contributed by atoms with Crippen molar-refractivity contribution in [1.82, 2.24) is 15.1 Å². The number of benzene rings is 2. The Morgan fingerprint density at radius 1 is 1.06 bits per heavy atom. The van der Waals surface area contributed by atoms with Crippen LogP contribution in [-0.4, -0.2) is 27.6 Å². The Bertz CT molecular complexity index is 1060. The number of hydrogen-bond acceptors (Lipinski definition) is 3. The number of rotatable bonds is 8. The minimum Gasteiger partial charge on any atom is -0.354 e. The summed E-state index contributed by atoms with van der Waals surface area (Å²) < 4.78 is 15.4. The van der Waals surface area contributed by atoms with Crippen LogP contribution in [0.25, 0.3) is 16.8 Å². The molecule has 0 aliphatic carbocycles. The predicted molar refractivity (Wildman–Crippen MR) is 119 cm³/mol. The molecule has 0 bridgehead atoms. The van der Waals surface area contributed by atoms with Crippen LogP contribution in [0.2, 0.25) is 0 Å². The second-order valence-electron chi connectivity index (χ2n) is 7.49. The zero-order chi connectivity index (χ0) is 22.4. The van der Waals surface area contributed by atoms with Crippen LogP contribution in [0.15, 0.2) is 54.6 Å². The summed E-state index contributed by atoms with van der Waals surface area (Å²) in [6.07, 6.45) is 0.943. The van der Waals surface area contributed by atoms with E-state index in [9.17, 15) is 14.0 Å². The lowest BCUT2D eigenvalue weighted by atomic mass is 10.1. The lowest BCUT2D eigenvalue weighted by molar-refractivity contribution is -0.124. The van der Waals surface area contributed by atoms with E-state index >= 15 is 0 Å².